The third-order valence-electron chi connectivity index (χ3n) is 2.98. The second kappa shape index (κ2) is 4.65. The number of hydrogen-bond acceptors (Lipinski definition) is 2. The van der Waals surface area contributed by atoms with Crippen LogP contribution in [0.25, 0.3) is 0 Å². The number of furan rings is 1. The highest BCUT2D eigenvalue weighted by atomic mass is 16.3. The van der Waals surface area contributed by atoms with E-state index in [4.69, 9.17) is 10.2 Å². The number of hydrogen-bond donors (Lipinski definition) is 1. The smallest absolute Gasteiger partial charge is 0.121 e. The fraction of sp³-hybridized carbons (Fsp3) is 0.667. The first-order valence-electron chi connectivity index (χ1n) is 5.40. The van der Waals surface area contributed by atoms with Crippen LogP contribution >= 0.6 is 0 Å². The maximum absolute atomic E-state index is 6.11. The van der Waals surface area contributed by atoms with E-state index in [0.29, 0.717) is 11.8 Å². The average Bonchev–Trinajstić information content (AvgIpc) is 2.63. The molecule has 2 atom stereocenters. The summed E-state index contributed by atoms with van der Waals surface area (Å²) in [6.45, 7) is 8.63. The molecule has 0 aliphatic heterocycles. The Morgan fingerprint density at radius 1 is 1.29 bits per heavy atom. The fourth-order valence-electron chi connectivity index (χ4n) is 1.44. The van der Waals surface area contributed by atoms with E-state index in [2.05, 4.69) is 27.7 Å². The molecule has 0 amide bonds. The molecule has 0 fully saturated rings. The van der Waals surface area contributed by atoms with E-state index in [9.17, 15) is 0 Å². The predicted molar refractivity (Wildman–Crippen MR) is 59.0 cm³/mol. The van der Waals surface area contributed by atoms with E-state index >= 15 is 0 Å². The highest BCUT2D eigenvalue weighted by molar-refractivity contribution is 5.11. The molecule has 1 heterocycles. The van der Waals surface area contributed by atoms with Gasteiger partial charge in [-0.05, 0) is 24.0 Å². The van der Waals surface area contributed by atoms with Crippen LogP contribution in [0.3, 0.4) is 0 Å². The SMILES string of the molecule is CCc1ccc(C(N)C(C)C(C)C)o1. The van der Waals surface area contributed by atoms with Crippen molar-refractivity contribution in [1.29, 1.82) is 0 Å². The molecule has 1 aromatic heterocycles. The van der Waals surface area contributed by atoms with Crippen molar-refractivity contribution in [3.05, 3.63) is 23.7 Å². The van der Waals surface area contributed by atoms with Gasteiger partial charge in [0, 0.05) is 6.42 Å². The Morgan fingerprint density at radius 3 is 2.36 bits per heavy atom. The standard InChI is InChI=1S/C12H21NO/c1-5-10-6-7-11(14-10)12(13)9(4)8(2)3/h6-9,12H,5,13H2,1-4H3. The molecule has 0 aromatic carbocycles. The van der Waals surface area contributed by atoms with Gasteiger partial charge in [0.1, 0.15) is 11.5 Å². The molecule has 14 heavy (non-hydrogen) atoms. The van der Waals surface area contributed by atoms with E-state index < -0.39 is 0 Å². The maximum atomic E-state index is 6.11. The second-order valence-corrected chi connectivity index (χ2v) is 4.29. The van der Waals surface area contributed by atoms with Crippen molar-refractivity contribution in [2.24, 2.45) is 17.6 Å². The van der Waals surface area contributed by atoms with Crippen LogP contribution in [0.5, 0.6) is 0 Å². The van der Waals surface area contributed by atoms with Crippen LogP contribution in [0.15, 0.2) is 16.5 Å². The van der Waals surface area contributed by atoms with Gasteiger partial charge >= 0.3 is 0 Å². The summed E-state index contributed by atoms with van der Waals surface area (Å²) < 4.78 is 5.64. The summed E-state index contributed by atoms with van der Waals surface area (Å²) in [5.41, 5.74) is 6.11. The average molecular weight is 195 g/mol. The van der Waals surface area contributed by atoms with Crippen LogP contribution in [0, 0.1) is 11.8 Å². The summed E-state index contributed by atoms with van der Waals surface area (Å²) in [7, 11) is 0. The van der Waals surface area contributed by atoms with Gasteiger partial charge in [0.15, 0.2) is 0 Å². The molecule has 0 radical (unpaired) electrons. The highest BCUT2D eigenvalue weighted by Crippen LogP contribution is 2.26. The molecule has 2 unspecified atom stereocenters. The summed E-state index contributed by atoms with van der Waals surface area (Å²) in [6.07, 6.45) is 0.933. The lowest BCUT2D eigenvalue weighted by atomic mass is 9.90. The number of aryl methyl sites for hydroxylation is 1. The van der Waals surface area contributed by atoms with Gasteiger partial charge in [-0.15, -0.1) is 0 Å². The molecular formula is C12H21NO. The molecule has 0 aliphatic rings. The van der Waals surface area contributed by atoms with E-state index in [1.54, 1.807) is 0 Å². The van der Waals surface area contributed by atoms with Gasteiger partial charge < -0.3 is 10.2 Å². The van der Waals surface area contributed by atoms with Crippen LogP contribution in [-0.2, 0) is 6.42 Å². The van der Waals surface area contributed by atoms with Crippen molar-refractivity contribution in [2.45, 2.75) is 40.2 Å². The summed E-state index contributed by atoms with van der Waals surface area (Å²) in [5, 5.41) is 0. The number of rotatable bonds is 4. The van der Waals surface area contributed by atoms with E-state index in [-0.39, 0.29) is 6.04 Å². The fourth-order valence-corrected chi connectivity index (χ4v) is 1.44. The topological polar surface area (TPSA) is 39.2 Å². The lowest BCUT2D eigenvalue weighted by molar-refractivity contribution is 0.306. The van der Waals surface area contributed by atoms with Crippen molar-refractivity contribution in [3.8, 4) is 0 Å². The predicted octanol–water partition coefficient (Wildman–Crippen LogP) is 3.13. The molecule has 1 aromatic rings. The first-order valence-corrected chi connectivity index (χ1v) is 5.40. The molecule has 0 spiro atoms. The molecule has 2 nitrogen and oxygen atoms in total. The molecule has 0 saturated heterocycles. The van der Waals surface area contributed by atoms with E-state index in [1.807, 2.05) is 12.1 Å². The van der Waals surface area contributed by atoms with Crippen LogP contribution in [-0.4, -0.2) is 0 Å². The molecule has 0 aliphatic carbocycles. The lowest BCUT2D eigenvalue weighted by Crippen LogP contribution is -2.22. The Bertz CT molecular complexity index is 278. The Morgan fingerprint density at radius 2 is 1.93 bits per heavy atom. The molecule has 1 rings (SSSR count). The largest absolute Gasteiger partial charge is 0.464 e. The molecule has 0 bridgehead atoms. The Labute approximate surface area is 86.5 Å². The lowest BCUT2D eigenvalue weighted by Gasteiger charge is -2.21. The Balaban J connectivity index is 2.73. The van der Waals surface area contributed by atoms with Crippen LogP contribution in [0.1, 0.15) is 45.3 Å². The zero-order valence-electron chi connectivity index (χ0n) is 9.58. The minimum Gasteiger partial charge on any atom is -0.464 e. The zero-order chi connectivity index (χ0) is 10.7. The summed E-state index contributed by atoms with van der Waals surface area (Å²) >= 11 is 0. The van der Waals surface area contributed by atoms with Crippen molar-refractivity contribution in [1.82, 2.24) is 0 Å². The Kier molecular flexibility index (Phi) is 3.76. The quantitative estimate of drug-likeness (QED) is 0.801. The van der Waals surface area contributed by atoms with Crippen molar-refractivity contribution in [3.63, 3.8) is 0 Å². The third kappa shape index (κ3) is 2.38. The van der Waals surface area contributed by atoms with Crippen LogP contribution < -0.4 is 5.73 Å². The first-order chi connectivity index (χ1) is 6.56. The molecule has 2 heteroatoms. The van der Waals surface area contributed by atoms with Gasteiger partial charge in [-0.2, -0.15) is 0 Å². The van der Waals surface area contributed by atoms with Crippen molar-refractivity contribution in [2.75, 3.05) is 0 Å². The summed E-state index contributed by atoms with van der Waals surface area (Å²) in [4.78, 5) is 0. The molecule has 80 valence electrons. The zero-order valence-corrected chi connectivity index (χ0v) is 9.58. The molecular weight excluding hydrogens is 174 g/mol. The highest BCUT2D eigenvalue weighted by Gasteiger charge is 2.20. The number of nitrogens with two attached hydrogens (primary N) is 1. The van der Waals surface area contributed by atoms with E-state index in [1.165, 1.54) is 0 Å². The molecule has 2 N–H and O–H groups in total. The van der Waals surface area contributed by atoms with Crippen LogP contribution in [0.2, 0.25) is 0 Å². The van der Waals surface area contributed by atoms with Gasteiger partial charge in [-0.3, -0.25) is 0 Å². The van der Waals surface area contributed by atoms with E-state index in [0.717, 1.165) is 17.9 Å². The maximum Gasteiger partial charge on any atom is 0.121 e. The minimum absolute atomic E-state index is 0.0234. The minimum atomic E-state index is 0.0234. The van der Waals surface area contributed by atoms with Gasteiger partial charge in [-0.1, -0.05) is 27.7 Å². The second-order valence-electron chi connectivity index (χ2n) is 4.29. The normalized spacial score (nSPS) is 15.9. The van der Waals surface area contributed by atoms with Gasteiger partial charge in [0.25, 0.3) is 0 Å². The van der Waals surface area contributed by atoms with Gasteiger partial charge in [0.2, 0.25) is 0 Å². The van der Waals surface area contributed by atoms with Gasteiger partial charge in [0.05, 0.1) is 6.04 Å². The summed E-state index contributed by atoms with van der Waals surface area (Å²) in [5.74, 6) is 2.97. The molecule has 0 saturated carbocycles. The van der Waals surface area contributed by atoms with Crippen molar-refractivity contribution < 1.29 is 4.42 Å². The monoisotopic (exact) mass is 195 g/mol. The Hall–Kier alpha value is -0.760. The van der Waals surface area contributed by atoms with Crippen LogP contribution in [0.4, 0.5) is 0 Å². The third-order valence-corrected chi connectivity index (χ3v) is 2.98. The van der Waals surface area contributed by atoms with Gasteiger partial charge in [-0.25, -0.2) is 0 Å². The summed E-state index contributed by atoms with van der Waals surface area (Å²) in [6, 6.07) is 4.04. The van der Waals surface area contributed by atoms with Crippen molar-refractivity contribution >= 4 is 0 Å². The first kappa shape index (κ1) is 11.3.